The number of carbonyl (C=O) groups excluding carboxylic acids is 1. The number of aromatic nitrogens is 7. The molecular weight excluding hydrogens is 320 g/mol. The van der Waals surface area contributed by atoms with Gasteiger partial charge in [0.15, 0.2) is 0 Å². The summed E-state index contributed by atoms with van der Waals surface area (Å²) in [4.78, 5) is 24.8. The lowest BCUT2D eigenvalue weighted by molar-refractivity contribution is -0.116. The van der Waals surface area contributed by atoms with Gasteiger partial charge < -0.3 is 5.32 Å². The van der Waals surface area contributed by atoms with Crippen LogP contribution in [0.1, 0.15) is 5.82 Å². The summed E-state index contributed by atoms with van der Waals surface area (Å²) in [6.07, 6.45) is 4.88. The van der Waals surface area contributed by atoms with Gasteiger partial charge in [-0.15, -0.1) is 5.10 Å². The van der Waals surface area contributed by atoms with E-state index < -0.39 is 0 Å². The molecule has 0 fully saturated rings. The predicted octanol–water partition coefficient (Wildman–Crippen LogP) is 1.35. The number of anilines is 1. The van der Waals surface area contributed by atoms with E-state index in [0.717, 1.165) is 16.9 Å². The van der Waals surface area contributed by atoms with Crippen LogP contribution in [0.5, 0.6) is 0 Å². The van der Waals surface area contributed by atoms with Gasteiger partial charge in [-0.05, 0) is 19.1 Å². The molecule has 1 amide bonds. The van der Waals surface area contributed by atoms with Crippen molar-refractivity contribution in [2.75, 3.05) is 5.32 Å². The largest absolute Gasteiger partial charge is 0.309 e. The van der Waals surface area contributed by atoms with Crippen LogP contribution in [0.2, 0.25) is 0 Å². The minimum absolute atomic E-state index is 0.0456. The molecule has 0 bridgehead atoms. The Hall–Kier alpha value is -3.62. The maximum Gasteiger partial charge on any atom is 0.247 e. The van der Waals surface area contributed by atoms with Crippen LogP contribution < -0.4 is 5.32 Å². The van der Waals surface area contributed by atoms with E-state index in [9.17, 15) is 4.79 Å². The molecule has 9 heteroatoms. The van der Waals surface area contributed by atoms with Crippen molar-refractivity contribution in [3.63, 3.8) is 0 Å². The fourth-order valence-electron chi connectivity index (χ4n) is 2.52. The van der Waals surface area contributed by atoms with Gasteiger partial charge in [0.05, 0.1) is 5.52 Å². The zero-order chi connectivity index (χ0) is 17.2. The summed E-state index contributed by atoms with van der Waals surface area (Å²) >= 11 is 0. The van der Waals surface area contributed by atoms with E-state index in [1.54, 1.807) is 23.1 Å². The lowest BCUT2D eigenvalue weighted by atomic mass is 10.3. The highest BCUT2D eigenvalue weighted by molar-refractivity contribution is 5.90. The van der Waals surface area contributed by atoms with Crippen molar-refractivity contribution in [2.24, 2.45) is 0 Å². The second-order valence-electron chi connectivity index (χ2n) is 5.39. The Balaban J connectivity index is 1.52. The highest BCUT2D eigenvalue weighted by Crippen LogP contribution is 2.12. The number of imidazole rings is 1. The molecule has 25 heavy (non-hydrogen) atoms. The number of rotatable bonds is 4. The number of para-hydroxylation sites is 1. The van der Waals surface area contributed by atoms with E-state index in [2.05, 4.69) is 30.6 Å². The third kappa shape index (κ3) is 2.94. The average Bonchev–Trinajstić information content (AvgIpc) is 3.22. The lowest BCUT2D eigenvalue weighted by Gasteiger charge is -2.07. The summed E-state index contributed by atoms with van der Waals surface area (Å²) in [6.45, 7) is 1.92. The first kappa shape index (κ1) is 14.9. The normalized spacial score (nSPS) is 10.9. The summed E-state index contributed by atoms with van der Waals surface area (Å²) in [5.74, 6) is 1.59. The van der Waals surface area contributed by atoms with Crippen molar-refractivity contribution in [3.8, 4) is 5.82 Å². The fourth-order valence-corrected chi connectivity index (χ4v) is 2.52. The van der Waals surface area contributed by atoms with Crippen LogP contribution >= 0.6 is 0 Å². The van der Waals surface area contributed by atoms with E-state index in [0.29, 0.717) is 11.6 Å². The summed E-state index contributed by atoms with van der Waals surface area (Å²) in [5.41, 5.74) is 1.55. The Morgan fingerprint density at radius 3 is 2.92 bits per heavy atom. The number of carbonyl (C=O) groups is 1. The third-order valence-corrected chi connectivity index (χ3v) is 3.71. The molecule has 0 aliphatic carbocycles. The number of nitrogens with zero attached hydrogens (tertiary/aromatic N) is 7. The number of hydrogen-bond donors (Lipinski definition) is 1. The van der Waals surface area contributed by atoms with Crippen LogP contribution in [0.4, 0.5) is 5.82 Å². The molecule has 9 nitrogen and oxygen atoms in total. The van der Waals surface area contributed by atoms with E-state index in [4.69, 9.17) is 0 Å². The average molecular weight is 334 g/mol. The monoisotopic (exact) mass is 334 g/mol. The highest BCUT2D eigenvalue weighted by Gasteiger charge is 2.10. The van der Waals surface area contributed by atoms with E-state index in [1.807, 2.05) is 35.8 Å². The maximum absolute atomic E-state index is 12.3. The number of amides is 1. The first-order valence-corrected chi connectivity index (χ1v) is 7.61. The topological polar surface area (TPSA) is 103 Å². The molecule has 3 heterocycles. The Morgan fingerprint density at radius 1 is 1.20 bits per heavy atom. The first-order chi connectivity index (χ1) is 12.2. The van der Waals surface area contributed by atoms with Gasteiger partial charge in [0.25, 0.3) is 0 Å². The zero-order valence-corrected chi connectivity index (χ0v) is 13.4. The van der Waals surface area contributed by atoms with E-state index >= 15 is 0 Å². The van der Waals surface area contributed by atoms with Gasteiger partial charge in [0.2, 0.25) is 5.91 Å². The molecule has 0 aliphatic heterocycles. The third-order valence-electron chi connectivity index (χ3n) is 3.71. The molecule has 0 spiro atoms. The first-order valence-electron chi connectivity index (χ1n) is 7.61. The van der Waals surface area contributed by atoms with Crippen LogP contribution in [-0.2, 0) is 11.3 Å². The minimum Gasteiger partial charge on any atom is -0.309 e. The van der Waals surface area contributed by atoms with Crippen LogP contribution in [-0.4, -0.2) is 40.4 Å². The molecular formula is C16H14N8O. The van der Waals surface area contributed by atoms with Gasteiger partial charge in [-0.2, -0.15) is 0 Å². The van der Waals surface area contributed by atoms with Crippen LogP contribution in [0.3, 0.4) is 0 Å². The van der Waals surface area contributed by atoms with Crippen molar-refractivity contribution < 1.29 is 4.79 Å². The molecule has 4 aromatic rings. The second kappa shape index (κ2) is 6.11. The Kier molecular flexibility index (Phi) is 3.65. The molecule has 4 rings (SSSR count). The van der Waals surface area contributed by atoms with Crippen molar-refractivity contribution in [2.45, 2.75) is 13.5 Å². The van der Waals surface area contributed by atoms with Gasteiger partial charge >= 0.3 is 0 Å². The number of nitrogens with one attached hydrogen (secondary N) is 1. The fraction of sp³-hybridized carbons (Fsp3) is 0.125. The van der Waals surface area contributed by atoms with Gasteiger partial charge in [-0.25, -0.2) is 19.6 Å². The number of fused-ring (bicyclic) bond motifs is 1. The molecule has 124 valence electrons. The summed E-state index contributed by atoms with van der Waals surface area (Å²) in [7, 11) is 0. The van der Waals surface area contributed by atoms with Crippen LogP contribution in [0, 0.1) is 6.92 Å². The van der Waals surface area contributed by atoms with Crippen molar-refractivity contribution in [3.05, 3.63) is 54.9 Å². The molecule has 0 unspecified atom stereocenters. The predicted molar refractivity (Wildman–Crippen MR) is 90.0 cm³/mol. The Bertz CT molecular complexity index is 1050. The highest BCUT2D eigenvalue weighted by atomic mass is 16.2. The number of aryl methyl sites for hydroxylation is 1. The zero-order valence-electron chi connectivity index (χ0n) is 13.4. The van der Waals surface area contributed by atoms with E-state index in [-0.39, 0.29) is 12.5 Å². The number of hydrogen-bond acceptors (Lipinski definition) is 6. The molecule has 0 saturated heterocycles. The molecule has 3 aromatic heterocycles. The van der Waals surface area contributed by atoms with Crippen molar-refractivity contribution >= 4 is 22.8 Å². The molecule has 0 radical (unpaired) electrons. The van der Waals surface area contributed by atoms with Gasteiger partial charge in [-0.3, -0.25) is 9.36 Å². The van der Waals surface area contributed by atoms with Crippen molar-refractivity contribution in [1.29, 1.82) is 0 Å². The smallest absolute Gasteiger partial charge is 0.247 e. The Morgan fingerprint density at radius 2 is 2.08 bits per heavy atom. The lowest BCUT2D eigenvalue weighted by Crippen LogP contribution is -2.20. The summed E-state index contributed by atoms with van der Waals surface area (Å²) in [5, 5.41) is 10.8. The van der Waals surface area contributed by atoms with Crippen molar-refractivity contribution in [1.82, 2.24) is 34.5 Å². The minimum atomic E-state index is -0.248. The van der Waals surface area contributed by atoms with E-state index in [1.165, 1.54) is 6.33 Å². The molecule has 0 aliphatic rings. The SMILES string of the molecule is Cc1nccn1-c1cc(NC(=O)Cn2nnc3ccccc32)ncn1. The molecule has 0 atom stereocenters. The molecule has 1 aromatic carbocycles. The summed E-state index contributed by atoms with van der Waals surface area (Å²) in [6, 6.07) is 9.16. The standard InChI is InChI=1S/C16H14N8O/c1-11-17-6-7-23(11)15-8-14(18-10-19-15)20-16(25)9-24-13-5-3-2-4-12(13)21-22-24/h2-8,10H,9H2,1H3,(H,18,19,20,25). The Labute approximate surface area is 142 Å². The quantitative estimate of drug-likeness (QED) is 0.604. The maximum atomic E-state index is 12.3. The van der Waals surface area contributed by atoms with Gasteiger partial charge in [0, 0.05) is 18.5 Å². The van der Waals surface area contributed by atoms with Crippen LogP contribution in [0.15, 0.2) is 49.1 Å². The second-order valence-corrected chi connectivity index (χ2v) is 5.39. The van der Waals surface area contributed by atoms with Gasteiger partial charge in [0.1, 0.15) is 35.8 Å². The number of benzene rings is 1. The van der Waals surface area contributed by atoms with Gasteiger partial charge in [-0.1, -0.05) is 17.3 Å². The molecule has 1 N–H and O–H groups in total. The van der Waals surface area contributed by atoms with Crippen LogP contribution in [0.25, 0.3) is 16.9 Å². The summed E-state index contributed by atoms with van der Waals surface area (Å²) < 4.78 is 3.36. The molecule has 0 saturated carbocycles.